The van der Waals surface area contributed by atoms with Gasteiger partial charge in [0.1, 0.15) is 5.75 Å². The Bertz CT molecular complexity index is 583. The first-order valence-corrected chi connectivity index (χ1v) is 8.55. The minimum atomic E-state index is -3.45. The molecule has 1 aliphatic heterocycles. The summed E-state index contributed by atoms with van der Waals surface area (Å²) >= 11 is 0. The van der Waals surface area contributed by atoms with E-state index in [0.717, 1.165) is 24.1 Å². The van der Waals surface area contributed by atoms with Gasteiger partial charge in [-0.3, -0.25) is 4.79 Å². The zero-order chi connectivity index (χ0) is 14.6. The number of sulfone groups is 1. The lowest BCUT2D eigenvalue weighted by Crippen LogP contribution is -2.39. The summed E-state index contributed by atoms with van der Waals surface area (Å²) < 4.78 is 23.6. The predicted molar refractivity (Wildman–Crippen MR) is 77.5 cm³/mol. The van der Waals surface area contributed by atoms with E-state index in [4.69, 9.17) is 5.11 Å². The Morgan fingerprint density at radius 1 is 1.30 bits per heavy atom. The number of carbonyl (C=O) groups is 1. The number of hydrogen-bond donors (Lipinski definition) is 1. The second-order valence-corrected chi connectivity index (χ2v) is 7.13. The molecule has 0 atom stereocenters. The molecule has 20 heavy (non-hydrogen) atoms. The van der Waals surface area contributed by atoms with E-state index in [-0.39, 0.29) is 24.7 Å². The van der Waals surface area contributed by atoms with Crippen molar-refractivity contribution >= 4 is 21.4 Å². The number of fused-ring (bicyclic) bond motifs is 1. The zero-order valence-corrected chi connectivity index (χ0v) is 12.1. The topological polar surface area (TPSA) is 74.7 Å². The third-order valence-corrected chi connectivity index (χ3v) is 4.97. The van der Waals surface area contributed by atoms with Crippen molar-refractivity contribution in [3.8, 4) is 0 Å². The van der Waals surface area contributed by atoms with Crippen molar-refractivity contribution in [1.29, 1.82) is 0 Å². The van der Waals surface area contributed by atoms with E-state index in [1.807, 2.05) is 24.3 Å². The highest BCUT2D eigenvalue weighted by atomic mass is 32.2. The van der Waals surface area contributed by atoms with Crippen LogP contribution in [0.3, 0.4) is 0 Å². The Hall–Kier alpha value is -1.40. The average molecular weight is 297 g/mol. The van der Waals surface area contributed by atoms with Gasteiger partial charge in [0.05, 0.1) is 5.75 Å². The van der Waals surface area contributed by atoms with Gasteiger partial charge >= 0.3 is 0 Å². The molecule has 0 spiro atoms. The Kier molecular flexibility index (Phi) is 4.77. The van der Waals surface area contributed by atoms with Crippen molar-refractivity contribution < 1.29 is 18.3 Å². The normalized spacial score (nSPS) is 14.9. The molecule has 0 saturated heterocycles. The summed E-state index contributed by atoms with van der Waals surface area (Å²) in [5.74, 6) is -1.01. The lowest BCUT2D eigenvalue weighted by atomic mass is 10.0. The average Bonchev–Trinajstić information content (AvgIpc) is 2.44. The highest BCUT2D eigenvalue weighted by Crippen LogP contribution is 2.26. The molecule has 1 heterocycles. The van der Waals surface area contributed by atoms with Crippen LogP contribution < -0.4 is 4.90 Å². The predicted octanol–water partition coefficient (Wildman–Crippen LogP) is 0.763. The first kappa shape index (κ1) is 15.0. The molecular weight excluding hydrogens is 278 g/mol. The Morgan fingerprint density at radius 3 is 2.80 bits per heavy atom. The number of anilines is 1. The fourth-order valence-corrected chi connectivity index (χ4v) is 3.66. The van der Waals surface area contributed by atoms with Crippen LogP contribution in [0.15, 0.2) is 24.3 Å². The fourth-order valence-electron chi connectivity index (χ4n) is 2.42. The van der Waals surface area contributed by atoms with Crippen molar-refractivity contribution in [3.63, 3.8) is 0 Å². The van der Waals surface area contributed by atoms with Gasteiger partial charge in [0.25, 0.3) is 0 Å². The van der Waals surface area contributed by atoms with Crippen LogP contribution >= 0.6 is 0 Å². The molecule has 0 fully saturated rings. The summed E-state index contributed by atoms with van der Waals surface area (Å²) in [4.78, 5) is 13.8. The largest absolute Gasteiger partial charge is 0.396 e. The van der Waals surface area contributed by atoms with Crippen LogP contribution in [0.1, 0.15) is 18.4 Å². The summed E-state index contributed by atoms with van der Waals surface area (Å²) in [6.07, 6.45) is 1.93. The van der Waals surface area contributed by atoms with Gasteiger partial charge in [-0.1, -0.05) is 18.2 Å². The SMILES string of the molecule is O=C(CS(=O)(=O)CCCO)N1CCCc2ccccc21. The molecule has 0 aliphatic carbocycles. The summed E-state index contributed by atoms with van der Waals surface area (Å²) in [6, 6.07) is 7.59. The van der Waals surface area contributed by atoms with Gasteiger partial charge in [0, 0.05) is 18.8 Å². The summed E-state index contributed by atoms with van der Waals surface area (Å²) in [5.41, 5.74) is 1.90. The lowest BCUT2D eigenvalue weighted by Gasteiger charge is -2.29. The second kappa shape index (κ2) is 6.37. The highest BCUT2D eigenvalue weighted by Gasteiger charge is 2.26. The van der Waals surface area contributed by atoms with Crippen LogP contribution in [0.2, 0.25) is 0 Å². The number of hydrogen-bond acceptors (Lipinski definition) is 4. The smallest absolute Gasteiger partial charge is 0.242 e. The minimum Gasteiger partial charge on any atom is -0.396 e. The van der Waals surface area contributed by atoms with Crippen molar-refractivity contribution in [2.75, 3.05) is 29.6 Å². The van der Waals surface area contributed by atoms with Crippen molar-refractivity contribution in [2.45, 2.75) is 19.3 Å². The number of benzene rings is 1. The number of aliphatic hydroxyl groups is 1. The molecule has 5 nitrogen and oxygen atoms in total. The van der Waals surface area contributed by atoms with E-state index in [1.165, 1.54) is 0 Å². The molecule has 1 aromatic rings. The van der Waals surface area contributed by atoms with Crippen LogP contribution in [0.5, 0.6) is 0 Å². The van der Waals surface area contributed by atoms with E-state index in [0.29, 0.717) is 6.54 Å². The summed E-state index contributed by atoms with van der Waals surface area (Å²) in [5, 5.41) is 8.68. The lowest BCUT2D eigenvalue weighted by molar-refractivity contribution is -0.116. The van der Waals surface area contributed by atoms with Crippen LogP contribution in [-0.4, -0.2) is 44.1 Å². The van der Waals surface area contributed by atoms with Crippen molar-refractivity contribution in [3.05, 3.63) is 29.8 Å². The number of amides is 1. The molecule has 1 N–H and O–H groups in total. The Morgan fingerprint density at radius 2 is 2.05 bits per heavy atom. The van der Waals surface area contributed by atoms with E-state index < -0.39 is 15.6 Å². The number of nitrogens with zero attached hydrogens (tertiary/aromatic N) is 1. The van der Waals surface area contributed by atoms with Gasteiger partial charge in [-0.25, -0.2) is 8.42 Å². The maximum absolute atomic E-state index is 12.2. The van der Waals surface area contributed by atoms with Gasteiger partial charge in [0.2, 0.25) is 5.91 Å². The Balaban J connectivity index is 2.11. The van der Waals surface area contributed by atoms with Gasteiger partial charge < -0.3 is 10.0 Å². The molecule has 0 radical (unpaired) electrons. The second-order valence-electron chi connectivity index (χ2n) is 4.95. The van der Waals surface area contributed by atoms with Crippen LogP contribution in [0.4, 0.5) is 5.69 Å². The molecule has 6 heteroatoms. The van der Waals surface area contributed by atoms with Crippen molar-refractivity contribution in [2.24, 2.45) is 0 Å². The Labute approximate surface area is 119 Å². The quantitative estimate of drug-likeness (QED) is 0.871. The van der Waals surface area contributed by atoms with Crippen LogP contribution in [0, 0.1) is 0 Å². The van der Waals surface area contributed by atoms with Gasteiger partial charge in [-0.15, -0.1) is 0 Å². The van der Waals surface area contributed by atoms with Crippen LogP contribution in [0.25, 0.3) is 0 Å². The molecule has 1 aliphatic rings. The maximum atomic E-state index is 12.2. The highest BCUT2D eigenvalue weighted by molar-refractivity contribution is 7.92. The third kappa shape index (κ3) is 3.58. The van der Waals surface area contributed by atoms with E-state index in [2.05, 4.69) is 0 Å². The first-order valence-electron chi connectivity index (χ1n) is 6.73. The molecule has 1 aromatic carbocycles. The molecule has 0 aromatic heterocycles. The number of carbonyl (C=O) groups excluding carboxylic acids is 1. The van der Waals surface area contributed by atoms with E-state index in [9.17, 15) is 13.2 Å². The van der Waals surface area contributed by atoms with Gasteiger partial charge in [-0.05, 0) is 30.9 Å². The standard InChI is InChI=1S/C14H19NO4S/c16-9-4-10-20(18,19)11-14(17)15-8-3-6-12-5-1-2-7-13(12)15/h1-2,5,7,16H,3-4,6,8-11H2. The van der Waals surface area contributed by atoms with E-state index >= 15 is 0 Å². The molecule has 110 valence electrons. The molecular formula is C14H19NO4S. The molecule has 0 bridgehead atoms. The van der Waals surface area contributed by atoms with Gasteiger partial charge in [0.15, 0.2) is 9.84 Å². The number of aliphatic hydroxyl groups excluding tert-OH is 1. The van der Waals surface area contributed by atoms with Gasteiger partial charge in [-0.2, -0.15) is 0 Å². The van der Waals surface area contributed by atoms with Crippen molar-refractivity contribution in [1.82, 2.24) is 0 Å². The summed E-state index contributed by atoms with van der Waals surface area (Å²) in [6.45, 7) is 0.380. The monoisotopic (exact) mass is 297 g/mol. The summed E-state index contributed by atoms with van der Waals surface area (Å²) in [7, 11) is -3.45. The number of aryl methyl sites for hydroxylation is 1. The third-order valence-electron chi connectivity index (χ3n) is 3.37. The zero-order valence-electron chi connectivity index (χ0n) is 11.3. The molecule has 0 saturated carbocycles. The van der Waals surface area contributed by atoms with Crippen LogP contribution in [-0.2, 0) is 21.1 Å². The minimum absolute atomic E-state index is 0.148. The first-order chi connectivity index (χ1) is 9.53. The molecule has 2 rings (SSSR count). The molecule has 1 amide bonds. The number of rotatable bonds is 5. The fraction of sp³-hybridized carbons (Fsp3) is 0.500. The maximum Gasteiger partial charge on any atom is 0.242 e. The molecule has 0 unspecified atom stereocenters. The number of para-hydroxylation sites is 1. The van der Waals surface area contributed by atoms with E-state index in [1.54, 1.807) is 4.90 Å².